The van der Waals surface area contributed by atoms with Crippen molar-refractivity contribution in [2.45, 2.75) is 38.1 Å². The number of pyridine rings is 1. The highest BCUT2D eigenvalue weighted by atomic mass is 15.3. The maximum absolute atomic E-state index is 6.08. The summed E-state index contributed by atoms with van der Waals surface area (Å²) in [4.78, 5) is 4.32. The zero-order chi connectivity index (χ0) is 21.0. The van der Waals surface area contributed by atoms with Crippen LogP contribution in [0.15, 0.2) is 66.7 Å². The number of rotatable bonds is 8. The number of hydrogen-bond donors (Lipinski definition) is 3. The lowest BCUT2D eigenvalue weighted by atomic mass is 9.87. The molecule has 2 aromatic heterocycles. The molecule has 1 atom stereocenters. The lowest BCUT2D eigenvalue weighted by molar-refractivity contribution is 0.380. The standard InChI is InChI=1S/C24H28N6/c1-24(2,16-17-9-5-3-6-10-17)26-14-13-19(18-11-7-4-8-12-18)20-15-21(25)27-23-22(20)28-30-29-23/h3-12,15,19,26H,13-14,16H2,1-2H3,(H3,25,27,28,29,30). The van der Waals surface area contributed by atoms with Gasteiger partial charge < -0.3 is 11.1 Å². The zero-order valence-corrected chi connectivity index (χ0v) is 17.5. The number of fused-ring (bicyclic) bond motifs is 1. The summed E-state index contributed by atoms with van der Waals surface area (Å²) in [6, 6.07) is 23.0. The van der Waals surface area contributed by atoms with E-state index in [1.807, 2.05) is 12.1 Å². The van der Waals surface area contributed by atoms with E-state index >= 15 is 0 Å². The third kappa shape index (κ3) is 4.66. The third-order valence-corrected chi connectivity index (χ3v) is 5.45. The number of aromatic amines is 1. The van der Waals surface area contributed by atoms with Crippen LogP contribution in [0.3, 0.4) is 0 Å². The number of nitrogens with zero attached hydrogens (tertiary/aromatic N) is 3. The Morgan fingerprint density at radius 1 is 1.03 bits per heavy atom. The summed E-state index contributed by atoms with van der Waals surface area (Å²) in [5.74, 6) is 0.617. The minimum absolute atomic E-state index is 0.0108. The minimum atomic E-state index is -0.0108. The quantitative estimate of drug-likeness (QED) is 0.415. The molecule has 0 bridgehead atoms. The largest absolute Gasteiger partial charge is 0.384 e. The van der Waals surface area contributed by atoms with Gasteiger partial charge in [0.2, 0.25) is 0 Å². The Labute approximate surface area is 176 Å². The Morgan fingerprint density at radius 3 is 2.47 bits per heavy atom. The summed E-state index contributed by atoms with van der Waals surface area (Å²) in [7, 11) is 0. The average molecular weight is 401 g/mol. The second kappa shape index (κ2) is 8.63. The molecule has 6 nitrogen and oxygen atoms in total. The van der Waals surface area contributed by atoms with Gasteiger partial charge in [-0.3, -0.25) is 0 Å². The molecule has 0 aliphatic carbocycles. The molecule has 0 saturated carbocycles. The molecular formula is C24H28N6. The second-order valence-electron chi connectivity index (χ2n) is 8.37. The van der Waals surface area contributed by atoms with Crippen molar-refractivity contribution in [1.29, 1.82) is 0 Å². The van der Waals surface area contributed by atoms with Gasteiger partial charge in [-0.1, -0.05) is 65.9 Å². The lowest BCUT2D eigenvalue weighted by Crippen LogP contribution is -2.42. The van der Waals surface area contributed by atoms with Crippen LogP contribution in [0.1, 0.15) is 42.9 Å². The van der Waals surface area contributed by atoms with Gasteiger partial charge in [0.1, 0.15) is 11.3 Å². The fourth-order valence-corrected chi connectivity index (χ4v) is 4.06. The fourth-order valence-electron chi connectivity index (χ4n) is 4.06. The molecule has 0 aliphatic rings. The number of H-pyrrole nitrogens is 1. The molecule has 0 radical (unpaired) electrons. The molecule has 4 N–H and O–H groups in total. The smallest absolute Gasteiger partial charge is 0.178 e. The number of anilines is 1. The van der Waals surface area contributed by atoms with Crippen LogP contribution in [-0.2, 0) is 6.42 Å². The molecule has 1 unspecified atom stereocenters. The van der Waals surface area contributed by atoms with Crippen molar-refractivity contribution in [1.82, 2.24) is 25.7 Å². The third-order valence-electron chi connectivity index (χ3n) is 5.45. The highest BCUT2D eigenvalue weighted by Crippen LogP contribution is 2.32. The maximum atomic E-state index is 6.08. The van der Waals surface area contributed by atoms with E-state index in [0.29, 0.717) is 11.5 Å². The van der Waals surface area contributed by atoms with E-state index in [9.17, 15) is 0 Å². The van der Waals surface area contributed by atoms with Crippen LogP contribution < -0.4 is 11.1 Å². The Hall–Kier alpha value is -3.25. The second-order valence-corrected chi connectivity index (χ2v) is 8.37. The van der Waals surface area contributed by atoms with Gasteiger partial charge in [0.05, 0.1) is 0 Å². The number of nitrogens with two attached hydrogens (primary N) is 1. The first-order chi connectivity index (χ1) is 14.5. The lowest BCUT2D eigenvalue weighted by Gasteiger charge is -2.28. The van der Waals surface area contributed by atoms with Crippen LogP contribution in [0, 0.1) is 0 Å². The van der Waals surface area contributed by atoms with E-state index < -0.39 is 0 Å². The first-order valence-corrected chi connectivity index (χ1v) is 10.3. The van der Waals surface area contributed by atoms with Gasteiger partial charge >= 0.3 is 0 Å². The predicted octanol–water partition coefficient (Wildman–Crippen LogP) is 4.07. The van der Waals surface area contributed by atoms with Crippen molar-refractivity contribution in [2.75, 3.05) is 12.3 Å². The molecule has 0 saturated heterocycles. The molecule has 0 fully saturated rings. The first-order valence-electron chi connectivity index (χ1n) is 10.3. The number of nitrogen functional groups attached to an aromatic ring is 1. The Kier molecular flexibility index (Phi) is 5.77. The van der Waals surface area contributed by atoms with E-state index in [1.54, 1.807) is 0 Å². The highest BCUT2D eigenvalue weighted by molar-refractivity contribution is 5.77. The van der Waals surface area contributed by atoms with Crippen molar-refractivity contribution in [3.05, 3.63) is 83.4 Å². The first kappa shape index (κ1) is 20.0. The normalized spacial score (nSPS) is 12.9. The van der Waals surface area contributed by atoms with Gasteiger partial charge in [-0.15, -0.1) is 5.10 Å². The topological polar surface area (TPSA) is 92.5 Å². The van der Waals surface area contributed by atoms with Crippen LogP contribution in [0.4, 0.5) is 5.82 Å². The zero-order valence-electron chi connectivity index (χ0n) is 17.5. The number of hydrogen-bond acceptors (Lipinski definition) is 5. The summed E-state index contributed by atoms with van der Waals surface area (Å²) < 4.78 is 0. The Morgan fingerprint density at radius 2 is 1.73 bits per heavy atom. The fraction of sp³-hybridized carbons (Fsp3) is 0.292. The van der Waals surface area contributed by atoms with Gasteiger partial charge in [-0.05, 0) is 56.0 Å². The van der Waals surface area contributed by atoms with Gasteiger partial charge in [-0.2, -0.15) is 0 Å². The molecule has 30 heavy (non-hydrogen) atoms. The number of nitrogens with one attached hydrogen (secondary N) is 2. The Balaban J connectivity index is 1.55. The summed E-state index contributed by atoms with van der Waals surface area (Å²) in [6.07, 6.45) is 1.88. The molecule has 154 valence electrons. The van der Waals surface area contributed by atoms with Crippen LogP contribution in [0.2, 0.25) is 0 Å². The van der Waals surface area contributed by atoms with E-state index in [1.165, 1.54) is 11.1 Å². The molecule has 2 aromatic carbocycles. The predicted molar refractivity (Wildman–Crippen MR) is 121 cm³/mol. The number of benzene rings is 2. The average Bonchev–Trinajstić information content (AvgIpc) is 3.20. The van der Waals surface area contributed by atoms with Gasteiger partial charge in [0.25, 0.3) is 0 Å². The SMILES string of the molecule is CC(C)(Cc1ccccc1)NCCC(c1ccccc1)c1cc(N)nc2[nH]nnc12. The van der Waals surface area contributed by atoms with Crippen LogP contribution in [0.25, 0.3) is 11.2 Å². The molecule has 4 rings (SSSR count). The summed E-state index contributed by atoms with van der Waals surface area (Å²) in [6.45, 7) is 5.36. The van der Waals surface area contributed by atoms with Crippen LogP contribution >= 0.6 is 0 Å². The number of aromatic nitrogens is 4. The van der Waals surface area contributed by atoms with Gasteiger partial charge in [0.15, 0.2) is 5.65 Å². The van der Waals surface area contributed by atoms with E-state index in [2.05, 4.69) is 94.2 Å². The van der Waals surface area contributed by atoms with E-state index in [-0.39, 0.29) is 11.5 Å². The monoisotopic (exact) mass is 400 g/mol. The van der Waals surface area contributed by atoms with Crippen molar-refractivity contribution in [3.63, 3.8) is 0 Å². The van der Waals surface area contributed by atoms with E-state index in [4.69, 9.17) is 5.73 Å². The van der Waals surface area contributed by atoms with Crippen LogP contribution in [-0.4, -0.2) is 32.5 Å². The molecule has 6 heteroatoms. The molecule has 0 aliphatic heterocycles. The van der Waals surface area contributed by atoms with Crippen LogP contribution in [0.5, 0.6) is 0 Å². The van der Waals surface area contributed by atoms with Crippen molar-refractivity contribution in [2.24, 2.45) is 0 Å². The maximum Gasteiger partial charge on any atom is 0.178 e. The molecule has 0 amide bonds. The molecule has 2 heterocycles. The summed E-state index contributed by atoms with van der Waals surface area (Å²) in [5.41, 5.74) is 11.1. The molecular weight excluding hydrogens is 372 g/mol. The minimum Gasteiger partial charge on any atom is -0.384 e. The van der Waals surface area contributed by atoms with Gasteiger partial charge in [0, 0.05) is 11.5 Å². The van der Waals surface area contributed by atoms with E-state index in [0.717, 1.165) is 30.5 Å². The van der Waals surface area contributed by atoms with Crippen molar-refractivity contribution in [3.8, 4) is 0 Å². The molecule has 0 spiro atoms. The van der Waals surface area contributed by atoms with Gasteiger partial charge in [-0.25, -0.2) is 10.1 Å². The summed E-state index contributed by atoms with van der Waals surface area (Å²) >= 11 is 0. The molecule has 4 aromatic rings. The summed E-state index contributed by atoms with van der Waals surface area (Å²) in [5, 5.41) is 14.8. The van der Waals surface area contributed by atoms with Crippen molar-refractivity contribution < 1.29 is 0 Å². The highest BCUT2D eigenvalue weighted by Gasteiger charge is 2.22. The van der Waals surface area contributed by atoms with Crippen molar-refractivity contribution >= 4 is 17.0 Å². The Bertz CT molecular complexity index is 1090.